The van der Waals surface area contributed by atoms with Gasteiger partial charge in [0.2, 0.25) is 10.0 Å². The van der Waals surface area contributed by atoms with Crippen LogP contribution in [0.25, 0.3) is 0 Å². The molecule has 0 aliphatic heterocycles. The van der Waals surface area contributed by atoms with Crippen LogP contribution in [0.5, 0.6) is 0 Å². The third-order valence-corrected chi connectivity index (χ3v) is 5.44. The minimum absolute atomic E-state index is 0.0246. The lowest BCUT2D eigenvalue weighted by Gasteiger charge is -2.15. The molecule has 0 aliphatic carbocycles. The van der Waals surface area contributed by atoms with E-state index in [1.165, 1.54) is 63.5 Å². The smallest absolute Gasteiger partial charge is 0.338 e. The average molecular weight is 394 g/mol. The van der Waals surface area contributed by atoms with Crippen LogP contribution in [0.2, 0.25) is 0 Å². The predicted molar refractivity (Wildman–Crippen MR) is 97.2 cm³/mol. The molecule has 1 atom stereocenters. The Hall–Kier alpha value is -2.78. The molecule has 1 N–H and O–H groups in total. The van der Waals surface area contributed by atoms with Crippen molar-refractivity contribution in [1.82, 2.24) is 4.31 Å². The summed E-state index contributed by atoms with van der Waals surface area (Å²) < 4.78 is 43.9. The van der Waals surface area contributed by atoms with Gasteiger partial charge in [0.05, 0.1) is 16.1 Å². The highest BCUT2D eigenvalue weighted by Crippen LogP contribution is 2.17. The first-order valence-corrected chi connectivity index (χ1v) is 9.36. The standard InChI is InChI=1S/C18H19FN2O5S/c1-12(17(22)20-16-10-5-4-9-15(16)19)26-18(23)13-7-6-8-14(11-13)27(24,25)21(2)3/h4-12H,1-3H3,(H,20,22)/t12-/m0/s1. The van der Waals surface area contributed by atoms with Crippen LogP contribution in [0.3, 0.4) is 0 Å². The van der Waals surface area contributed by atoms with E-state index in [0.29, 0.717) is 0 Å². The summed E-state index contributed by atoms with van der Waals surface area (Å²) in [5, 5.41) is 2.32. The molecule has 0 aliphatic rings. The Morgan fingerprint density at radius 2 is 1.78 bits per heavy atom. The Morgan fingerprint density at radius 3 is 2.41 bits per heavy atom. The molecule has 0 saturated carbocycles. The quantitative estimate of drug-likeness (QED) is 0.759. The molecule has 0 aromatic heterocycles. The molecular weight excluding hydrogens is 375 g/mol. The van der Waals surface area contributed by atoms with Crippen molar-refractivity contribution in [2.24, 2.45) is 0 Å². The maximum Gasteiger partial charge on any atom is 0.338 e. The van der Waals surface area contributed by atoms with Gasteiger partial charge in [-0.2, -0.15) is 0 Å². The van der Waals surface area contributed by atoms with Crippen LogP contribution in [0.1, 0.15) is 17.3 Å². The van der Waals surface area contributed by atoms with Crippen LogP contribution < -0.4 is 5.32 Å². The Bertz CT molecular complexity index is 960. The molecule has 9 heteroatoms. The number of halogens is 1. The number of esters is 1. The third-order valence-electron chi connectivity index (χ3n) is 3.63. The molecule has 0 heterocycles. The van der Waals surface area contributed by atoms with Crippen molar-refractivity contribution in [3.63, 3.8) is 0 Å². The zero-order valence-corrected chi connectivity index (χ0v) is 15.8. The van der Waals surface area contributed by atoms with Crippen LogP contribution in [-0.4, -0.2) is 44.8 Å². The molecule has 0 radical (unpaired) electrons. The summed E-state index contributed by atoms with van der Waals surface area (Å²) in [7, 11) is -0.978. The second kappa shape index (κ2) is 8.28. The van der Waals surface area contributed by atoms with Gasteiger partial charge in [-0.05, 0) is 37.3 Å². The van der Waals surface area contributed by atoms with Crippen LogP contribution in [0.15, 0.2) is 53.4 Å². The summed E-state index contributed by atoms with van der Waals surface area (Å²) >= 11 is 0. The van der Waals surface area contributed by atoms with E-state index in [4.69, 9.17) is 4.74 Å². The summed E-state index contributed by atoms with van der Waals surface area (Å²) in [6.07, 6.45) is -1.22. The number of para-hydroxylation sites is 1. The van der Waals surface area contributed by atoms with Gasteiger partial charge in [-0.15, -0.1) is 0 Å². The van der Waals surface area contributed by atoms with Gasteiger partial charge in [0.1, 0.15) is 5.82 Å². The number of rotatable bonds is 6. The lowest BCUT2D eigenvalue weighted by atomic mass is 10.2. The number of ether oxygens (including phenoxy) is 1. The fourth-order valence-corrected chi connectivity index (χ4v) is 3.02. The lowest BCUT2D eigenvalue weighted by Crippen LogP contribution is -2.30. The van der Waals surface area contributed by atoms with E-state index in [9.17, 15) is 22.4 Å². The zero-order chi connectivity index (χ0) is 20.2. The minimum Gasteiger partial charge on any atom is -0.449 e. The Balaban J connectivity index is 2.10. The van der Waals surface area contributed by atoms with Crippen molar-refractivity contribution in [1.29, 1.82) is 0 Å². The fourth-order valence-electron chi connectivity index (χ4n) is 2.07. The van der Waals surface area contributed by atoms with E-state index in [-0.39, 0.29) is 16.1 Å². The highest BCUT2D eigenvalue weighted by atomic mass is 32.2. The summed E-state index contributed by atoms with van der Waals surface area (Å²) in [6, 6.07) is 10.9. The van der Waals surface area contributed by atoms with E-state index in [1.807, 2.05) is 0 Å². The van der Waals surface area contributed by atoms with Gasteiger partial charge >= 0.3 is 5.97 Å². The van der Waals surface area contributed by atoms with Gasteiger partial charge in [0, 0.05) is 14.1 Å². The van der Waals surface area contributed by atoms with Crippen LogP contribution in [0, 0.1) is 5.82 Å². The SMILES string of the molecule is C[C@H](OC(=O)c1cccc(S(=O)(=O)N(C)C)c1)C(=O)Nc1ccccc1F. The van der Waals surface area contributed by atoms with Gasteiger partial charge < -0.3 is 10.1 Å². The molecular formula is C18H19FN2O5S. The van der Waals surface area contributed by atoms with Crippen molar-refractivity contribution in [2.45, 2.75) is 17.9 Å². The Labute approximate surface area is 156 Å². The molecule has 2 aromatic carbocycles. The van der Waals surface area contributed by atoms with Crippen LogP contribution >= 0.6 is 0 Å². The molecule has 2 aromatic rings. The second-order valence-electron chi connectivity index (χ2n) is 5.83. The van der Waals surface area contributed by atoms with Crippen molar-refractivity contribution in [3.05, 3.63) is 59.9 Å². The highest BCUT2D eigenvalue weighted by Gasteiger charge is 2.22. The molecule has 2 rings (SSSR count). The summed E-state index contributed by atoms with van der Waals surface area (Å²) in [4.78, 5) is 24.3. The van der Waals surface area contributed by atoms with E-state index in [2.05, 4.69) is 5.32 Å². The Kier molecular flexibility index (Phi) is 6.29. The molecule has 0 saturated heterocycles. The second-order valence-corrected chi connectivity index (χ2v) is 7.98. The number of hydrogen-bond acceptors (Lipinski definition) is 5. The first-order valence-electron chi connectivity index (χ1n) is 7.92. The molecule has 27 heavy (non-hydrogen) atoms. The number of carbonyl (C=O) groups excluding carboxylic acids is 2. The summed E-state index contributed by atoms with van der Waals surface area (Å²) in [6.45, 7) is 1.33. The topological polar surface area (TPSA) is 92.8 Å². The van der Waals surface area contributed by atoms with E-state index in [1.54, 1.807) is 6.07 Å². The normalized spacial score (nSPS) is 12.5. The van der Waals surface area contributed by atoms with Crippen LogP contribution in [-0.2, 0) is 19.6 Å². The van der Waals surface area contributed by atoms with E-state index < -0.39 is 33.8 Å². The van der Waals surface area contributed by atoms with Gasteiger partial charge in [-0.1, -0.05) is 18.2 Å². The third kappa shape index (κ3) is 4.89. The fraction of sp³-hybridized carbons (Fsp3) is 0.222. The highest BCUT2D eigenvalue weighted by molar-refractivity contribution is 7.89. The number of carbonyl (C=O) groups is 2. The maximum absolute atomic E-state index is 13.6. The van der Waals surface area contributed by atoms with Crippen molar-refractivity contribution in [2.75, 3.05) is 19.4 Å². The van der Waals surface area contributed by atoms with Gasteiger partial charge in [0.25, 0.3) is 5.91 Å². The first kappa shape index (κ1) is 20.5. The largest absolute Gasteiger partial charge is 0.449 e. The van der Waals surface area contributed by atoms with Crippen molar-refractivity contribution in [3.8, 4) is 0 Å². The summed E-state index contributed by atoms with van der Waals surface area (Å²) in [5.74, 6) is -2.21. The number of benzene rings is 2. The van der Waals surface area contributed by atoms with Crippen molar-refractivity contribution >= 4 is 27.6 Å². The molecule has 0 spiro atoms. The number of nitrogens with zero attached hydrogens (tertiary/aromatic N) is 1. The first-order chi connectivity index (χ1) is 12.6. The number of hydrogen-bond donors (Lipinski definition) is 1. The number of nitrogens with one attached hydrogen (secondary N) is 1. The number of sulfonamides is 1. The molecule has 7 nitrogen and oxygen atoms in total. The minimum atomic E-state index is -3.72. The van der Waals surface area contributed by atoms with Crippen LogP contribution in [0.4, 0.5) is 10.1 Å². The van der Waals surface area contributed by atoms with E-state index >= 15 is 0 Å². The van der Waals surface area contributed by atoms with Gasteiger partial charge in [-0.3, -0.25) is 4.79 Å². The van der Waals surface area contributed by atoms with E-state index in [0.717, 1.165) is 4.31 Å². The number of amides is 1. The monoisotopic (exact) mass is 394 g/mol. The molecule has 0 bridgehead atoms. The lowest BCUT2D eigenvalue weighted by molar-refractivity contribution is -0.123. The predicted octanol–water partition coefficient (Wildman–Crippen LogP) is 2.26. The molecule has 144 valence electrons. The molecule has 0 unspecified atom stereocenters. The molecule has 0 fully saturated rings. The van der Waals surface area contributed by atoms with Gasteiger partial charge in [-0.25, -0.2) is 21.9 Å². The Morgan fingerprint density at radius 1 is 1.11 bits per heavy atom. The van der Waals surface area contributed by atoms with Crippen molar-refractivity contribution < 1.29 is 27.1 Å². The number of anilines is 1. The maximum atomic E-state index is 13.6. The average Bonchev–Trinajstić information content (AvgIpc) is 2.63. The summed E-state index contributed by atoms with van der Waals surface area (Å²) in [5.41, 5.74) is -0.0621. The molecule has 1 amide bonds. The van der Waals surface area contributed by atoms with Gasteiger partial charge in [0.15, 0.2) is 6.10 Å². The zero-order valence-electron chi connectivity index (χ0n) is 15.0.